The Balaban J connectivity index is 2.41. The third kappa shape index (κ3) is 4.34. The molecule has 1 aliphatic heterocycles. The summed E-state index contributed by atoms with van der Waals surface area (Å²) in [6.45, 7) is 7.84. The van der Waals surface area contributed by atoms with Crippen LogP contribution in [0.15, 0.2) is 17.1 Å². The largest absolute Gasteiger partial charge is 0.463 e. The Morgan fingerprint density at radius 1 is 1.46 bits per heavy atom. The van der Waals surface area contributed by atoms with E-state index in [1.54, 1.807) is 27.7 Å². The van der Waals surface area contributed by atoms with E-state index in [-0.39, 0.29) is 24.3 Å². The summed E-state index contributed by atoms with van der Waals surface area (Å²) in [5.74, 6) is -2.14. The van der Waals surface area contributed by atoms with E-state index in [0.29, 0.717) is 0 Å². The first-order chi connectivity index (χ1) is 13.0. The van der Waals surface area contributed by atoms with Crippen LogP contribution in [0.4, 0.5) is 10.2 Å². The van der Waals surface area contributed by atoms with Crippen LogP contribution in [0.1, 0.15) is 40.8 Å². The highest BCUT2D eigenvalue weighted by Gasteiger charge is 2.59. The Bertz CT molecular complexity index is 751. The second kappa shape index (κ2) is 8.54. The number of nitrogens with two attached hydrogens (primary N) is 1. The molecule has 1 unspecified atom stereocenters. The molecule has 2 heterocycles. The van der Waals surface area contributed by atoms with Crippen molar-refractivity contribution in [3.8, 4) is 0 Å². The van der Waals surface area contributed by atoms with Gasteiger partial charge in [0.15, 0.2) is 11.9 Å². The molecule has 1 fully saturated rings. The number of ether oxygens (including phenoxy) is 2. The molecule has 0 aliphatic carbocycles. The van der Waals surface area contributed by atoms with E-state index in [0.717, 1.165) is 4.57 Å². The number of carbonyl (C=O) groups is 1. The van der Waals surface area contributed by atoms with Crippen molar-refractivity contribution in [3.05, 3.63) is 22.7 Å². The maximum atomic E-state index is 16.0. The van der Waals surface area contributed by atoms with E-state index < -0.39 is 41.7 Å². The summed E-state index contributed by atoms with van der Waals surface area (Å²) >= 11 is 0. The predicted octanol–water partition coefficient (Wildman–Crippen LogP) is 1.78. The van der Waals surface area contributed by atoms with Gasteiger partial charge in [0.25, 0.3) is 0 Å². The SMILES string of the molecule is CC(C)C(=O)OC[C@H]1O[C@@H](n2ccc(N)nc2=O)[C@](C)(F)[C@@H]1C(OO)C(C)C. The molecule has 28 heavy (non-hydrogen) atoms. The summed E-state index contributed by atoms with van der Waals surface area (Å²) in [5.41, 5.74) is 2.57. The molecule has 0 bridgehead atoms. The number of alkyl halides is 1. The quantitative estimate of drug-likeness (QED) is 0.402. The zero-order valence-electron chi connectivity index (χ0n) is 16.7. The predicted molar refractivity (Wildman–Crippen MR) is 98.0 cm³/mol. The van der Waals surface area contributed by atoms with Crippen LogP contribution < -0.4 is 11.4 Å². The van der Waals surface area contributed by atoms with Gasteiger partial charge in [-0.2, -0.15) is 4.98 Å². The molecule has 1 aromatic rings. The standard InChI is InChI=1S/C18H28FN3O6/c1-9(2)14(28-25)13-11(8-26-15(23)10(3)4)27-16(18(13,5)19)22-7-6-12(20)21-17(22)24/h6-7,9-11,13-14,16,25H,8H2,1-5H3,(H2,20,21,24)/t11-,13+,14?,16-,18-/m1/s1. The van der Waals surface area contributed by atoms with Crippen molar-refractivity contribution in [3.63, 3.8) is 0 Å². The third-order valence-electron chi connectivity index (χ3n) is 4.94. The lowest BCUT2D eigenvalue weighted by Gasteiger charge is -2.34. The van der Waals surface area contributed by atoms with E-state index >= 15 is 4.39 Å². The van der Waals surface area contributed by atoms with Crippen LogP contribution in [-0.2, 0) is 19.2 Å². The van der Waals surface area contributed by atoms with E-state index in [1.807, 2.05) is 0 Å². The van der Waals surface area contributed by atoms with Gasteiger partial charge in [-0.1, -0.05) is 27.7 Å². The lowest BCUT2D eigenvalue weighted by molar-refractivity contribution is -0.309. The van der Waals surface area contributed by atoms with Gasteiger partial charge < -0.3 is 15.2 Å². The first-order valence-corrected chi connectivity index (χ1v) is 9.16. The molecule has 0 saturated carbocycles. The monoisotopic (exact) mass is 401 g/mol. The Kier molecular flexibility index (Phi) is 6.79. The number of aromatic nitrogens is 2. The zero-order chi connectivity index (χ0) is 21.2. The number of hydrogen-bond acceptors (Lipinski definition) is 8. The molecule has 1 aromatic heterocycles. The fourth-order valence-electron chi connectivity index (χ4n) is 3.46. The van der Waals surface area contributed by atoms with E-state index in [4.69, 9.17) is 15.2 Å². The molecule has 10 heteroatoms. The lowest BCUT2D eigenvalue weighted by Crippen LogP contribution is -2.47. The Labute approximate surface area is 162 Å². The van der Waals surface area contributed by atoms with Crippen LogP contribution in [0.5, 0.6) is 0 Å². The number of nitrogen functional groups attached to an aromatic ring is 1. The average Bonchev–Trinajstić information content (AvgIpc) is 2.84. The first kappa shape index (κ1) is 22.3. The van der Waals surface area contributed by atoms with Gasteiger partial charge in [-0.15, -0.1) is 0 Å². The number of esters is 1. The molecule has 0 spiro atoms. The summed E-state index contributed by atoms with van der Waals surface area (Å²) < 4.78 is 28.0. The van der Waals surface area contributed by atoms with Gasteiger partial charge in [0, 0.05) is 6.20 Å². The van der Waals surface area contributed by atoms with E-state index in [1.165, 1.54) is 19.2 Å². The molecule has 0 aromatic carbocycles. The van der Waals surface area contributed by atoms with Gasteiger partial charge >= 0.3 is 11.7 Å². The topological polar surface area (TPSA) is 126 Å². The number of hydrogen-bond donors (Lipinski definition) is 2. The van der Waals surface area contributed by atoms with E-state index in [2.05, 4.69) is 9.87 Å². The number of halogens is 1. The highest BCUT2D eigenvalue weighted by atomic mass is 19.1. The molecule has 2 rings (SSSR count). The minimum Gasteiger partial charge on any atom is -0.463 e. The molecule has 9 nitrogen and oxygen atoms in total. The zero-order valence-corrected chi connectivity index (χ0v) is 16.7. The molecule has 3 N–H and O–H groups in total. The van der Waals surface area contributed by atoms with Crippen molar-refractivity contribution in [1.29, 1.82) is 0 Å². The Morgan fingerprint density at radius 3 is 2.61 bits per heavy atom. The maximum absolute atomic E-state index is 16.0. The van der Waals surface area contributed by atoms with Gasteiger partial charge in [-0.3, -0.25) is 14.6 Å². The molecule has 5 atom stereocenters. The lowest BCUT2D eigenvalue weighted by atomic mass is 9.79. The number of carbonyl (C=O) groups excluding carboxylic acids is 1. The number of rotatable bonds is 7. The van der Waals surface area contributed by atoms with Gasteiger partial charge in [0.05, 0.1) is 11.8 Å². The molecule has 0 amide bonds. The number of anilines is 1. The Hall–Kier alpha value is -2.04. The van der Waals surface area contributed by atoms with Crippen LogP contribution in [0.25, 0.3) is 0 Å². The highest BCUT2D eigenvalue weighted by Crippen LogP contribution is 2.48. The summed E-state index contributed by atoms with van der Waals surface area (Å²) in [6, 6.07) is 1.35. The van der Waals surface area contributed by atoms with Crippen molar-refractivity contribution in [2.75, 3.05) is 12.3 Å². The van der Waals surface area contributed by atoms with E-state index in [9.17, 15) is 14.8 Å². The number of nitrogens with zero attached hydrogens (tertiary/aromatic N) is 2. The molecule has 1 saturated heterocycles. The summed E-state index contributed by atoms with van der Waals surface area (Å²) in [4.78, 5) is 32.2. The van der Waals surface area contributed by atoms with Crippen LogP contribution >= 0.6 is 0 Å². The average molecular weight is 401 g/mol. The molecule has 1 aliphatic rings. The van der Waals surface area contributed by atoms with Gasteiger partial charge in [-0.25, -0.2) is 14.1 Å². The maximum Gasteiger partial charge on any atom is 0.351 e. The van der Waals surface area contributed by atoms with Crippen molar-refractivity contribution >= 4 is 11.8 Å². The van der Waals surface area contributed by atoms with Crippen LogP contribution in [0.3, 0.4) is 0 Å². The first-order valence-electron chi connectivity index (χ1n) is 9.16. The van der Waals surface area contributed by atoms with Crippen LogP contribution in [0.2, 0.25) is 0 Å². The fraction of sp³-hybridized carbons (Fsp3) is 0.722. The summed E-state index contributed by atoms with van der Waals surface area (Å²) in [6.07, 6.45) is -1.99. The minimum absolute atomic E-state index is 0.00230. The molecule has 158 valence electrons. The normalized spacial score (nSPS) is 28.7. The third-order valence-corrected chi connectivity index (χ3v) is 4.94. The Morgan fingerprint density at radius 2 is 2.11 bits per heavy atom. The summed E-state index contributed by atoms with van der Waals surface area (Å²) in [7, 11) is 0. The smallest absolute Gasteiger partial charge is 0.351 e. The second-order valence-electron chi connectivity index (χ2n) is 7.84. The van der Waals surface area contributed by atoms with Crippen molar-refractivity contribution in [2.24, 2.45) is 17.8 Å². The van der Waals surface area contributed by atoms with Crippen molar-refractivity contribution in [1.82, 2.24) is 9.55 Å². The van der Waals surface area contributed by atoms with Crippen molar-refractivity contribution in [2.45, 2.75) is 58.7 Å². The van der Waals surface area contributed by atoms with Gasteiger partial charge in [0.2, 0.25) is 0 Å². The van der Waals surface area contributed by atoms with Gasteiger partial charge in [-0.05, 0) is 18.9 Å². The second-order valence-corrected chi connectivity index (χ2v) is 7.84. The highest BCUT2D eigenvalue weighted by molar-refractivity contribution is 5.71. The van der Waals surface area contributed by atoms with Crippen molar-refractivity contribution < 1.29 is 28.8 Å². The molecular formula is C18H28FN3O6. The minimum atomic E-state index is -2.14. The van der Waals surface area contributed by atoms with Crippen LogP contribution in [0, 0.1) is 17.8 Å². The molecule has 0 radical (unpaired) electrons. The van der Waals surface area contributed by atoms with Gasteiger partial charge in [0.1, 0.15) is 24.6 Å². The summed E-state index contributed by atoms with van der Waals surface area (Å²) in [5, 5.41) is 9.39. The van der Waals surface area contributed by atoms with Crippen LogP contribution in [-0.4, -0.2) is 45.3 Å². The fourth-order valence-corrected chi connectivity index (χ4v) is 3.46. The molecular weight excluding hydrogens is 373 g/mol.